The SMILES string of the molecule is CSC(C)(C)[C@H](N)C(=O)NCCCCc1ccccc1.Cl. The van der Waals surface area contributed by atoms with Gasteiger partial charge in [0, 0.05) is 11.3 Å². The second kappa shape index (κ2) is 10.1. The monoisotopic (exact) mass is 330 g/mol. The van der Waals surface area contributed by atoms with E-state index < -0.39 is 6.04 Å². The molecule has 1 rings (SSSR count). The Morgan fingerprint density at radius 2 is 1.90 bits per heavy atom. The van der Waals surface area contributed by atoms with Crippen molar-refractivity contribution in [3.63, 3.8) is 0 Å². The third-order valence-electron chi connectivity index (χ3n) is 3.59. The van der Waals surface area contributed by atoms with E-state index >= 15 is 0 Å². The van der Waals surface area contributed by atoms with E-state index in [1.165, 1.54) is 5.56 Å². The molecule has 3 N–H and O–H groups in total. The highest BCUT2D eigenvalue weighted by molar-refractivity contribution is 8.00. The Kier molecular flexibility index (Phi) is 9.75. The first-order chi connectivity index (χ1) is 9.47. The number of hydrogen-bond acceptors (Lipinski definition) is 3. The number of rotatable bonds is 8. The second-order valence-corrected chi connectivity index (χ2v) is 6.98. The van der Waals surface area contributed by atoms with E-state index in [2.05, 4.69) is 29.6 Å². The molecule has 0 aliphatic rings. The summed E-state index contributed by atoms with van der Waals surface area (Å²) in [6.07, 6.45) is 5.09. The number of nitrogens with one attached hydrogen (secondary N) is 1. The highest BCUT2D eigenvalue weighted by Crippen LogP contribution is 2.24. The van der Waals surface area contributed by atoms with Crippen LogP contribution in [0.5, 0.6) is 0 Å². The van der Waals surface area contributed by atoms with Gasteiger partial charge in [0.1, 0.15) is 0 Å². The molecule has 1 amide bonds. The van der Waals surface area contributed by atoms with Crippen molar-refractivity contribution in [2.24, 2.45) is 5.73 Å². The summed E-state index contributed by atoms with van der Waals surface area (Å²) < 4.78 is -0.228. The maximum Gasteiger partial charge on any atom is 0.238 e. The average molecular weight is 331 g/mol. The van der Waals surface area contributed by atoms with Gasteiger partial charge >= 0.3 is 0 Å². The van der Waals surface area contributed by atoms with Gasteiger partial charge in [-0.15, -0.1) is 12.4 Å². The fourth-order valence-corrected chi connectivity index (χ4v) is 2.22. The lowest BCUT2D eigenvalue weighted by atomic mass is 10.0. The number of benzene rings is 1. The van der Waals surface area contributed by atoms with Gasteiger partial charge in [-0.3, -0.25) is 4.79 Å². The summed E-state index contributed by atoms with van der Waals surface area (Å²) >= 11 is 1.62. The van der Waals surface area contributed by atoms with E-state index in [1.807, 2.05) is 26.2 Å². The minimum atomic E-state index is -0.466. The Balaban J connectivity index is 0.00000400. The fourth-order valence-electron chi connectivity index (χ4n) is 1.86. The summed E-state index contributed by atoms with van der Waals surface area (Å²) in [5, 5.41) is 2.93. The molecule has 0 aliphatic carbocycles. The fraction of sp³-hybridized carbons (Fsp3) is 0.562. The summed E-state index contributed by atoms with van der Waals surface area (Å²) in [6.45, 7) is 4.69. The first-order valence-corrected chi connectivity index (χ1v) is 8.32. The van der Waals surface area contributed by atoms with Gasteiger partial charge in [-0.25, -0.2) is 0 Å². The summed E-state index contributed by atoms with van der Waals surface area (Å²) in [5.41, 5.74) is 7.32. The Morgan fingerprint density at radius 3 is 2.48 bits per heavy atom. The molecule has 120 valence electrons. The zero-order chi connectivity index (χ0) is 15.0. The van der Waals surface area contributed by atoms with Gasteiger partial charge < -0.3 is 11.1 Å². The Bertz CT molecular complexity index is 412. The number of hydrogen-bond donors (Lipinski definition) is 2. The molecular formula is C16H27ClN2OS. The number of nitrogens with two attached hydrogens (primary N) is 1. The lowest BCUT2D eigenvalue weighted by Crippen LogP contribution is -2.52. The molecule has 0 heterocycles. The minimum Gasteiger partial charge on any atom is -0.355 e. The molecule has 1 atom stereocenters. The van der Waals surface area contributed by atoms with Crippen LogP contribution in [0.1, 0.15) is 32.3 Å². The minimum absolute atomic E-state index is 0. The molecule has 0 spiro atoms. The van der Waals surface area contributed by atoms with Crippen LogP contribution in [-0.2, 0) is 11.2 Å². The average Bonchev–Trinajstić information content (AvgIpc) is 2.47. The van der Waals surface area contributed by atoms with Gasteiger partial charge in [0.2, 0.25) is 5.91 Å². The number of halogens is 1. The second-order valence-electron chi connectivity index (χ2n) is 5.52. The van der Waals surface area contributed by atoms with Crippen molar-refractivity contribution in [3.8, 4) is 0 Å². The smallest absolute Gasteiger partial charge is 0.238 e. The normalized spacial score (nSPS) is 12.4. The van der Waals surface area contributed by atoms with Crippen molar-refractivity contribution >= 4 is 30.1 Å². The topological polar surface area (TPSA) is 55.1 Å². The van der Waals surface area contributed by atoms with Crippen LogP contribution in [0.15, 0.2) is 30.3 Å². The number of carbonyl (C=O) groups is 1. The maximum absolute atomic E-state index is 11.9. The quantitative estimate of drug-likeness (QED) is 0.720. The van der Waals surface area contributed by atoms with Crippen LogP contribution in [0.4, 0.5) is 0 Å². The Morgan fingerprint density at radius 1 is 1.29 bits per heavy atom. The molecular weight excluding hydrogens is 304 g/mol. The zero-order valence-electron chi connectivity index (χ0n) is 13.1. The molecule has 0 aliphatic heterocycles. The number of thioether (sulfide) groups is 1. The summed E-state index contributed by atoms with van der Waals surface area (Å²) in [5.74, 6) is -0.0518. The van der Waals surface area contributed by atoms with Crippen molar-refractivity contribution in [3.05, 3.63) is 35.9 Å². The van der Waals surface area contributed by atoms with Gasteiger partial charge in [-0.05, 0) is 44.9 Å². The van der Waals surface area contributed by atoms with Crippen LogP contribution in [0.2, 0.25) is 0 Å². The molecule has 0 bridgehead atoms. The molecule has 0 saturated carbocycles. The van der Waals surface area contributed by atoms with Gasteiger partial charge in [0.05, 0.1) is 6.04 Å². The van der Waals surface area contributed by atoms with E-state index in [4.69, 9.17) is 5.73 Å². The van der Waals surface area contributed by atoms with E-state index in [0.29, 0.717) is 6.54 Å². The largest absolute Gasteiger partial charge is 0.355 e. The lowest BCUT2D eigenvalue weighted by molar-refractivity contribution is -0.122. The van der Waals surface area contributed by atoms with Crippen LogP contribution >= 0.6 is 24.2 Å². The van der Waals surface area contributed by atoms with Crippen LogP contribution < -0.4 is 11.1 Å². The van der Waals surface area contributed by atoms with Crippen molar-refractivity contribution in [2.75, 3.05) is 12.8 Å². The standard InChI is InChI=1S/C16H26N2OS.ClH/c1-16(2,20-3)14(17)15(19)18-12-8-7-11-13-9-5-4-6-10-13;/h4-6,9-10,14H,7-8,11-12,17H2,1-3H3,(H,18,19);1H/t14-;/m1./s1. The van der Waals surface area contributed by atoms with Crippen molar-refractivity contribution < 1.29 is 4.79 Å². The van der Waals surface area contributed by atoms with Gasteiger partial charge in [0.15, 0.2) is 0 Å². The molecule has 21 heavy (non-hydrogen) atoms. The van der Waals surface area contributed by atoms with E-state index in [9.17, 15) is 4.79 Å². The molecule has 1 aromatic rings. The van der Waals surface area contributed by atoms with E-state index in [1.54, 1.807) is 11.8 Å². The number of aryl methyl sites for hydroxylation is 1. The molecule has 0 fully saturated rings. The first kappa shape index (κ1) is 20.3. The first-order valence-electron chi connectivity index (χ1n) is 7.09. The molecule has 3 nitrogen and oxygen atoms in total. The molecule has 0 saturated heterocycles. The third-order valence-corrected chi connectivity index (χ3v) is 4.90. The van der Waals surface area contributed by atoms with Crippen molar-refractivity contribution in [1.29, 1.82) is 0 Å². The zero-order valence-corrected chi connectivity index (χ0v) is 14.7. The van der Waals surface area contributed by atoms with Crippen LogP contribution in [0.25, 0.3) is 0 Å². The van der Waals surface area contributed by atoms with Crippen LogP contribution in [0.3, 0.4) is 0 Å². The van der Waals surface area contributed by atoms with Crippen LogP contribution in [-0.4, -0.2) is 29.5 Å². The van der Waals surface area contributed by atoms with Crippen LogP contribution in [0, 0.1) is 0 Å². The Hall–Kier alpha value is -0.710. The molecule has 0 aromatic heterocycles. The number of unbranched alkanes of at least 4 members (excludes halogenated alkanes) is 1. The number of amides is 1. The van der Waals surface area contributed by atoms with E-state index in [0.717, 1.165) is 19.3 Å². The number of carbonyl (C=O) groups excluding carboxylic acids is 1. The highest BCUT2D eigenvalue weighted by atomic mass is 35.5. The third kappa shape index (κ3) is 7.21. The predicted molar refractivity (Wildman–Crippen MR) is 95.2 cm³/mol. The lowest BCUT2D eigenvalue weighted by Gasteiger charge is -2.28. The summed E-state index contributed by atoms with van der Waals surface area (Å²) in [4.78, 5) is 11.9. The van der Waals surface area contributed by atoms with Crippen molar-refractivity contribution in [1.82, 2.24) is 5.32 Å². The Labute approximate surface area is 138 Å². The molecule has 0 unspecified atom stereocenters. The maximum atomic E-state index is 11.9. The molecule has 0 radical (unpaired) electrons. The van der Waals surface area contributed by atoms with Gasteiger partial charge in [-0.1, -0.05) is 30.3 Å². The summed E-state index contributed by atoms with van der Waals surface area (Å²) in [7, 11) is 0. The van der Waals surface area contributed by atoms with Gasteiger partial charge in [-0.2, -0.15) is 11.8 Å². The predicted octanol–water partition coefficient (Wildman–Crippen LogP) is 3.02. The van der Waals surface area contributed by atoms with Gasteiger partial charge in [0.25, 0.3) is 0 Å². The van der Waals surface area contributed by atoms with Crippen molar-refractivity contribution in [2.45, 2.75) is 43.9 Å². The summed E-state index contributed by atoms with van der Waals surface area (Å²) in [6, 6.07) is 9.94. The highest BCUT2D eigenvalue weighted by Gasteiger charge is 2.30. The molecule has 5 heteroatoms. The van der Waals surface area contributed by atoms with E-state index in [-0.39, 0.29) is 23.1 Å². The molecule has 1 aromatic carbocycles.